The normalized spacial score (nSPS) is 19.7. The molecule has 0 N–H and O–H groups in total. The van der Waals surface area contributed by atoms with Crippen molar-refractivity contribution in [3.05, 3.63) is 52.9 Å². The molecule has 23 heavy (non-hydrogen) atoms. The Balaban J connectivity index is 3.23. The van der Waals surface area contributed by atoms with Crippen LogP contribution in [0.4, 0.5) is 0 Å². The molecule has 0 spiro atoms. The van der Waals surface area contributed by atoms with E-state index >= 15 is 0 Å². The van der Waals surface area contributed by atoms with Gasteiger partial charge in [-0.05, 0) is 32.8 Å². The Bertz CT molecular complexity index is 659. The number of allylic oxidation sites excluding steroid dienone is 2. The van der Waals surface area contributed by atoms with Gasteiger partial charge in [0.05, 0.1) is 12.5 Å². The highest BCUT2D eigenvalue weighted by molar-refractivity contribution is 5.73. The fraction of sp³-hybridized carbons (Fsp3) is 0.474. The van der Waals surface area contributed by atoms with Crippen LogP contribution in [0.15, 0.2) is 30.0 Å². The number of nitrogens with zero attached hydrogens (tertiary/aromatic N) is 2. The van der Waals surface area contributed by atoms with Gasteiger partial charge in [0, 0.05) is 5.92 Å². The SMILES string of the molecule is [C-]#[N+]C(CC#CC)([N+]#[C-])C1=CC[C@H](C(=O)OCC)C[C@H]1C=C=C. The van der Waals surface area contributed by atoms with Crippen molar-refractivity contribution in [3.8, 4) is 11.8 Å². The predicted molar refractivity (Wildman–Crippen MR) is 88.6 cm³/mol. The molecule has 0 unspecified atom stereocenters. The summed E-state index contributed by atoms with van der Waals surface area (Å²) in [6.45, 7) is 22.4. The number of ether oxygens (including phenoxy) is 1. The molecule has 2 atom stereocenters. The van der Waals surface area contributed by atoms with Crippen molar-refractivity contribution >= 4 is 5.97 Å². The van der Waals surface area contributed by atoms with Crippen molar-refractivity contribution in [1.29, 1.82) is 0 Å². The molecule has 0 aromatic heterocycles. The van der Waals surface area contributed by atoms with Gasteiger partial charge in [-0.25, -0.2) is 22.8 Å². The molecular weight excluding hydrogens is 288 g/mol. The van der Waals surface area contributed by atoms with Gasteiger partial charge >= 0.3 is 11.6 Å². The summed E-state index contributed by atoms with van der Waals surface area (Å²) in [5.74, 6) is 4.86. The minimum Gasteiger partial charge on any atom is -0.466 e. The summed E-state index contributed by atoms with van der Waals surface area (Å²) in [6.07, 6.45) is 4.69. The van der Waals surface area contributed by atoms with E-state index in [-0.39, 0.29) is 24.2 Å². The van der Waals surface area contributed by atoms with Crippen LogP contribution < -0.4 is 0 Å². The Hall–Kier alpha value is -2.73. The molecule has 0 saturated carbocycles. The predicted octanol–water partition coefficient (Wildman–Crippen LogP) is 3.79. The number of hydrogen-bond acceptors (Lipinski definition) is 2. The van der Waals surface area contributed by atoms with E-state index in [1.165, 1.54) is 0 Å². The molecule has 1 rings (SSSR count). The number of carbonyl (C=O) groups excluding carboxylic acids is 1. The lowest BCUT2D eigenvalue weighted by Crippen LogP contribution is -2.32. The van der Waals surface area contributed by atoms with Crippen LogP contribution in [0.3, 0.4) is 0 Å². The van der Waals surface area contributed by atoms with Gasteiger partial charge in [0.2, 0.25) is 0 Å². The topological polar surface area (TPSA) is 35.0 Å². The van der Waals surface area contributed by atoms with Crippen LogP contribution in [0.1, 0.15) is 33.1 Å². The zero-order valence-electron chi connectivity index (χ0n) is 13.6. The monoisotopic (exact) mass is 308 g/mol. The van der Waals surface area contributed by atoms with E-state index < -0.39 is 5.66 Å². The third-order valence-electron chi connectivity index (χ3n) is 3.84. The number of rotatable bonds is 5. The first-order chi connectivity index (χ1) is 11.1. The zero-order chi connectivity index (χ0) is 17.3. The van der Waals surface area contributed by atoms with Crippen molar-refractivity contribution in [2.75, 3.05) is 6.61 Å². The molecule has 0 saturated heterocycles. The molecule has 4 nitrogen and oxygen atoms in total. The minimum atomic E-state index is -1.33. The molecule has 0 fully saturated rings. The lowest BCUT2D eigenvalue weighted by atomic mass is 9.75. The minimum absolute atomic E-state index is 0.161. The number of esters is 1. The van der Waals surface area contributed by atoms with Gasteiger partial charge in [-0.15, -0.1) is 11.7 Å². The van der Waals surface area contributed by atoms with Crippen molar-refractivity contribution in [2.24, 2.45) is 11.8 Å². The van der Waals surface area contributed by atoms with Gasteiger partial charge in [0.1, 0.15) is 5.57 Å². The molecular formula is C19H20N2O2. The van der Waals surface area contributed by atoms with E-state index in [9.17, 15) is 4.79 Å². The molecule has 1 aliphatic rings. The Morgan fingerprint density at radius 1 is 1.57 bits per heavy atom. The molecule has 118 valence electrons. The maximum absolute atomic E-state index is 12.0. The lowest BCUT2D eigenvalue weighted by Gasteiger charge is -2.26. The van der Waals surface area contributed by atoms with Crippen LogP contribution in [0, 0.1) is 36.8 Å². The molecule has 0 heterocycles. The smallest absolute Gasteiger partial charge is 0.466 e. The second-order valence-corrected chi connectivity index (χ2v) is 5.20. The third kappa shape index (κ3) is 4.14. The van der Waals surface area contributed by atoms with E-state index in [1.54, 1.807) is 19.9 Å². The van der Waals surface area contributed by atoms with Crippen LogP contribution in [0.5, 0.6) is 0 Å². The van der Waals surface area contributed by atoms with Crippen LogP contribution in [-0.2, 0) is 9.53 Å². The Kier molecular flexibility index (Phi) is 6.89. The highest BCUT2D eigenvalue weighted by atomic mass is 16.5. The van der Waals surface area contributed by atoms with Gasteiger partial charge in [-0.2, -0.15) is 0 Å². The van der Waals surface area contributed by atoms with Gasteiger partial charge in [-0.3, -0.25) is 4.79 Å². The van der Waals surface area contributed by atoms with E-state index in [2.05, 4.69) is 33.8 Å². The Labute approximate surface area is 138 Å². The van der Waals surface area contributed by atoms with E-state index in [0.29, 0.717) is 25.0 Å². The molecule has 1 aliphatic carbocycles. The van der Waals surface area contributed by atoms with Crippen LogP contribution in [0.2, 0.25) is 0 Å². The second-order valence-electron chi connectivity index (χ2n) is 5.20. The largest absolute Gasteiger partial charge is 0.517 e. The number of hydrogen-bond donors (Lipinski definition) is 0. The second kappa shape index (κ2) is 8.65. The van der Waals surface area contributed by atoms with Crippen molar-refractivity contribution in [3.63, 3.8) is 0 Å². The van der Waals surface area contributed by atoms with Crippen LogP contribution in [0.25, 0.3) is 9.69 Å². The van der Waals surface area contributed by atoms with Crippen molar-refractivity contribution in [1.82, 2.24) is 0 Å². The van der Waals surface area contributed by atoms with Gasteiger partial charge in [0.15, 0.2) is 6.42 Å². The highest BCUT2D eigenvalue weighted by Crippen LogP contribution is 2.41. The molecule has 0 bridgehead atoms. The van der Waals surface area contributed by atoms with E-state index in [0.717, 1.165) is 0 Å². The van der Waals surface area contributed by atoms with Gasteiger partial charge < -0.3 is 4.74 Å². The third-order valence-corrected chi connectivity index (χ3v) is 3.84. The lowest BCUT2D eigenvalue weighted by molar-refractivity contribution is -0.148. The van der Waals surface area contributed by atoms with Crippen LogP contribution in [-0.4, -0.2) is 18.2 Å². The number of carbonyl (C=O) groups is 1. The molecule has 0 aromatic carbocycles. The summed E-state index contributed by atoms with van der Waals surface area (Å²) in [4.78, 5) is 19.1. The standard InChI is InChI=1S/C19H20N2O2/c1-6-9-13-19(20-4,21-5)17-12-11-16(18(22)23-8-3)14-15(17)10-7-2/h10,12,15-16H,2,8,11,13-14H2,1,3H3/t15-,16+/m1/s1. The maximum Gasteiger partial charge on any atom is 0.517 e. The summed E-state index contributed by atoms with van der Waals surface area (Å²) in [5, 5.41) is 0. The highest BCUT2D eigenvalue weighted by Gasteiger charge is 2.52. The maximum atomic E-state index is 12.0. The summed E-state index contributed by atoms with van der Waals surface area (Å²) < 4.78 is 5.08. The summed E-state index contributed by atoms with van der Waals surface area (Å²) in [5.41, 5.74) is 2.09. The first-order valence-electron chi connectivity index (χ1n) is 7.48. The molecule has 0 aromatic rings. The first-order valence-corrected chi connectivity index (χ1v) is 7.48. The Morgan fingerprint density at radius 3 is 2.78 bits per heavy atom. The average Bonchev–Trinajstić information content (AvgIpc) is 2.57. The summed E-state index contributed by atoms with van der Waals surface area (Å²) >= 11 is 0. The molecule has 0 radical (unpaired) electrons. The van der Waals surface area contributed by atoms with E-state index in [1.807, 2.05) is 6.08 Å². The summed E-state index contributed by atoms with van der Waals surface area (Å²) in [6, 6.07) is 0. The van der Waals surface area contributed by atoms with Gasteiger partial charge in [0.25, 0.3) is 0 Å². The zero-order valence-corrected chi connectivity index (χ0v) is 13.6. The van der Waals surface area contributed by atoms with Crippen LogP contribution >= 0.6 is 0 Å². The fourth-order valence-corrected chi connectivity index (χ4v) is 2.71. The average molecular weight is 308 g/mol. The van der Waals surface area contributed by atoms with Crippen molar-refractivity contribution < 1.29 is 9.53 Å². The summed E-state index contributed by atoms with van der Waals surface area (Å²) in [7, 11) is 0. The molecule has 0 aliphatic heterocycles. The Morgan fingerprint density at radius 2 is 2.26 bits per heavy atom. The quantitative estimate of drug-likeness (QED) is 0.255. The van der Waals surface area contributed by atoms with E-state index in [4.69, 9.17) is 17.9 Å². The van der Waals surface area contributed by atoms with Gasteiger partial charge in [-0.1, -0.05) is 18.6 Å². The molecule has 0 amide bonds. The fourth-order valence-electron chi connectivity index (χ4n) is 2.71. The van der Waals surface area contributed by atoms with Crippen molar-refractivity contribution in [2.45, 2.75) is 38.8 Å². The molecule has 4 heteroatoms. The first kappa shape index (κ1) is 18.3.